The van der Waals surface area contributed by atoms with E-state index in [4.69, 9.17) is 31.1 Å². The van der Waals surface area contributed by atoms with Gasteiger partial charge >= 0.3 is 11.9 Å². The molecule has 2 aromatic rings. The maximum absolute atomic E-state index is 9.55. The fourth-order valence-electron chi connectivity index (χ4n) is 2.22. The molecule has 166 valence electrons. The van der Waals surface area contributed by atoms with E-state index in [0.717, 1.165) is 6.54 Å². The van der Waals surface area contributed by atoms with E-state index in [1.807, 2.05) is 0 Å². The number of nitriles is 1. The van der Waals surface area contributed by atoms with Crippen LogP contribution < -0.4 is 10.1 Å². The Kier molecular flexibility index (Phi) is 10.2. The molecule has 2 rings (SSSR count). The van der Waals surface area contributed by atoms with Gasteiger partial charge in [-0.1, -0.05) is 16.8 Å². The van der Waals surface area contributed by atoms with E-state index in [9.17, 15) is 14.9 Å². The van der Waals surface area contributed by atoms with Gasteiger partial charge in [0.2, 0.25) is 0 Å². The Hall–Kier alpha value is -3.35. The summed E-state index contributed by atoms with van der Waals surface area (Å²) in [4.78, 5) is 19.1. The molecule has 0 bridgehead atoms. The number of hydrogen-bond donors (Lipinski definition) is 3. The van der Waals surface area contributed by atoms with Crippen LogP contribution in [0.25, 0.3) is 0 Å². The summed E-state index contributed by atoms with van der Waals surface area (Å²) in [5, 5.41) is 32.7. The Morgan fingerprint density at radius 3 is 2.42 bits per heavy atom. The molecular weight excluding hydrogens is 426 g/mol. The average molecular weight is 450 g/mol. The number of carboxylic acids is 2. The molecule has 0 spiro atoms. The minimum Gasteiger partial charge on any atom is -0.482 e. The predicted molar refractivity (Wildman–Crippen MR) is 113 cm³/mol. The van der Waals surface area contributed by atoms with Gasteiger partial charge in [0.05, 0.1) is 5.56 Å². The Labute approximate surface area is 184 Å². The molecule has 0 fully saturated rings. The summed E-state index contributed by atoms with van der Waals surface area (Å²) in [6.07, 6.45) is 2.98. The van der Waals surface area contributed by atoms with Gasteiger partial charge < -0.3 is 24.8 Å². The van der Waals surface area contributed by atoms with Gasteiger partial charge in [0.15, 0.2) is 0 Å². The Morgan fingerprint density at radius 1 is 1.29 bits per heavy atom. The first-order valence-electron chi connectivity index (χ1n) is 9.17. The van der Waals surface area contributed by atoms with Crippen LogP contribution in [-0.2, 0) is 9.59 Å². The minimum atomic E-state index is -1.26. The van der Waals surface area contributed by atoms with Crippen molar-refractivity contribution >= 4 is 23.5 Å². The fraction of sp³-hybridized carbons (Fsp3) is 0.333. The number of aromatic nitrogens is 1. The molecule has 0 unspecified atom stereocenters. The summed E-state index contributed by atoms with van der Waals surface area (Å²) in [6, 6.07) is 8.83. The molecule has 0 aliphatic heterocycles. The number of nitrogens with zero attached hydrogens (tertiary/aromatic N) is 2. The maximum Gasteiger partial charge on any atom is 0.328 e. The molecule has 10 heteroatoms. The van der Waals surface area contributed by atoms with Crippen LogP contribution >= 0.6 is 11.6 Å². The van der Waals surface area contributed by atoms with E-state index < -0.39 is 11.9 Å². The van der Waals surface area contributed by atoms with Crippen molar-refractivity contribution in [3.63, 3.8) is 0 Å². The third-order valence-electron chi connectivity index (χ3n) is 3.55. The second-order valence-electron chi connectivity index (χ2n) is 7.26. The number of rotatable bonds is 8. The second kappa shape index (κ2) is 12.4. The summed E-state index contributed by atoms with van der Waals surface area (Å²) in [7, 11) is 0. The normalized spacial score (nSPS) is 11.8. The van der Waals surface area contributed by atoms with E-state index >= 15 is 0 Å². The van der Waals surface area contributed by atoms with Crippen LogP contribution in [0.15, 0.2) is 47.2 Å². The molecule has 0 aliphatic rings. The Bertz CT molecular complexity index is 914. The molecule has 1 atom stereocenters. The number of hydrogen-bond acceptors (Lipinski definition) is 7. The van der Waals surface area contributed by atoms with Crippen molar-refractivity contribution in [1.82, 2.24) is 10.5 Å². The highest BCUT2D eigenvalue weighted by Gasteiger charge is 2.20. The third-order valence-corrected chi connectivity index (χ3v) is 3.79. The summed E-state index contributed by atoms with van der Waals surface area (Å²) in [6.45, 7) is 7.04. The van der Waals surface area contributed by atoms with Crippen LogP contribution in [0.2, 0.25) is 5.02 Å². The summed E-state index contributed by atoms with van der Waals surface area (Å²) in [5.41, 5.74) is 1.14. The SMILES string of the molecule is CC(C)(C)NCC[C@@H](Oc1cc(Cl)ccc1C#N)c1ccon1.O=C(O)C=CC(=O)O. The van der Waals surface area contributed by atoms with Crippen LogP contribution in [-0.4, -0.2) is 39.4 Å². The number of carboxylic acid groups (broad SMARTS) is 2. The molecule has 3 N–H and O–H groups in total. The zero-order valence-corrected chi connectivity index (χ0v) is 18.1. The first kappa shape index (κ1) is 25.7. The van der Waals surface area contributed by atoms with Crippen molar-refractivity contribution in [1.29, 1.82) is 5.26 Å². The van der Waals surface area contributed by atoms with Crippen molar-refractivity contribution in [3.8, 4) is 11.8 Å². The van der Waals surface area contributed by atoms with Gasteiger partial charge in [-0.05, 0) is 39.4 Å². The molecule has 0 saturated heterocycles. The summed E-state index contributed by atoms with van der Waals surface area (Å²) in [5.74, 6) is -2.07. The van der Waals surface area contributed by atoms with E-state index in [1.165, 1.54) is 6.26 Å². The van der Waals surface area contributed by atoms with Gasteiger partial charge in [-0.3, -0.25) is 0 Å². The highest BCUT2D eigenvalue weighted by atomic mass is 35.5. The molecule has 1 aromatic carbocycles. The summed E-state index contributed by atoms with van der Waals surface area (Å²) < 4.78 is 10.9. The highest BCUT2D eigenvalue weighted by Crippen LogP contribution is 2.29. The van der Waals surface area contributed by atoms with Crippen LogP contribution in [0.4, 0.5) is 0 Å². The molecule has 0 amide bonds. The Balaban J connectivity index is 0.000000512. The van der Waals surface area contributed by atoms with Crippen molar-refractivity contribution in [3.05, 3.63) is 59.0 Å². The summed E-state index contributed by atoms with van der Waals surface area (Å²) >= 11 is 6.01. The monoisotopic (exact) mass is 449 g/mol. The average Bonchev–Trinajstić information content (AvgIpc) is 3.20. The number of halogens is 1. The fourth-order valence-corrected chi connectivity index (χ4v) is 2.38. The smallest absolute Gasteiger partial charge is 0.328 e. The third kappa shape index (κ3) is 10.8. The van der Waals surface area contributed by atoms with E-state index in [2.05, 4.69) is 37.3 Å². The van der Waals surface area contributed by atoms with Crippen LogP contribution in [0, 0.1) is 11.3 Å². The zero-order chi connectivity index (χ0) is 23.4. The molecule has 31 heavy (non-hydrogen) atoms. The van der Waals surface area contributed by atoms with Gasteiger partial charge in [0.1, 0.15) is 29.9 Å². The second-order valence-corrected chi connectivity index (χ2v) is 7.69. The van der Waals surface area contributed by atoms with E-state index in [-0.39, 0.29) is 11.6 Å². The quantitative estimate of drug-likeness (QED) is 0.512. The lowest BCUT2D eigenvalue weighted by Gasteiger charge is -2.23. The molecular formula is C21H24ClN3O6. The van der Waals surface area contributed by atoms with Gasteiger partial charge in [0, 0.05) is 41.3 Å². The van der Waals surface area contributed by atoms with E-state index in [0.29, 0.717) is 40.6 Å². The van der Waals surface area contributed by atoms with Crippen LogP contribution in [0.5, 0.6) is 5.75 Å². The predicted octanol–water partition coefficient (Wildman–Crippen LogP) is 3.81. The van der Waals surface area contributed by atoms with Crippen molar-refractivity contribution < 1.29 is 29.1 Å². The first-order chi connectivity index (χ1) is 14.5. The number of carbonyl (C=O) groups is 2. The van der Waals surface area contributed by atoms with Crippen molar-refractivity contribution in [2.24, 2.45) is 0 Å². The van der Waals surface area contributed by atoms with Crippen LogP contribution in [0.1, 0.15) is 44.6 Å². The Morgan fingerprint density at radius 2 is 1.94 bits per heavy atom. The largest absolute Gasteiger partial charge is 0.482 e. The van der Waals surface area contributed by atoms with E-state index in [1.54, 1.807) is 24.3 Å². The highest BCUT2D eigenvalue weighted by molar-refractivity contribution is 6.30. The van der Waals surface area contributed by atoms with Gasteiger partial charge in [-0.2, -0.15) is 5.26 Å². The van der Waals surface area contributed by atoms with Crippen molar-refractivity contribution in [2.45, 2.75) is 38.8 Å². The number of nitrogens with one attached hydrogen (secondary N) is 1. The number of benzene rings is 1. The maximum atomic E-state index is 9.55. The van der Waals surface area contributed by atoms with Gasteiger partial charge in [-0.25, -0.2) is 9.59 Å². The number of ether oxygens (including phenoxy) is 1. The lowest BCUT2D eigenvalue weighted by molar-refractivity contribution is -0.134. The van der Waals surface area contributed by atoms with Crippen LogP contribution in [0.3, 0.4) is 0 Å². The standard InChI is InChI=1S/C17H20ClN3O2.C4H4O4/c1-17(2,3)20-8-6-15(14-7-9-22-21-14)23-16-10-13(18)5-4-12(16)11-19;5-3(6)1-2-4(7)8/h4-5,7,9-10,15,20H,6,8H2,1-3H3;1-2H,(H,5,6)(H,7,8)/t15-;/m1./s1. The van der Waals surface area contributed by atoms with Gasteiger partial charge in [0.25, 0.3) is 0 Å². The minimum absolute atomic E-state index is 0.0161. The van der Waals surface area contributed by atoms with Gasteiger partial charge in [-0.15, -0.1) is 0 Å². The number of aliphatic carboxylic acids is 2. The lowest BCUT2D eigenvalue weighted by atomic mass is 10.1. The molecule has 0 radical (unpaired) electrons. The molecule has 9 nitrogen and oxygen atoms in total. The lowest BCUT2D eigenvalue weighted by Crippen LogP contribution is -2.37. The van der Waals surface area contributed by atoms with Crippen molar-refractivity contribution in [2.75, 3.05) is 6.54 Å². The topological polar surface area (TPSA) is 146 Å². The molecule has 0 saturated carbocycles. The molecule has 0 aliphatic carbocycles. The first-order valence-corrected chi connectivity index (χ1v) is 9.55. The zero-order valence-electron chi connectivity index (χ0n) is 17.3. The molecule has 1 aromatic heterocycles. The molecule has 1 heterocycles.